The van der Waals surface area contributed by atoms with Gasteiger partial charge in [0.05, 0.1) is 0 Å². The van der Waals surface area contributed by atoms with Crippen molar-refractivity contribution in [3.63, 3.8) is 0 Å². The Bertz CT molecular complexity index is 1060. The molecule has 0 spiro atoms. The van der Waals surface area contributed by atoms with Gasteiger partial charge in [-0.3, -0.25) is 0 Å². The molecule has 4 rings (SSSR count). The first kappa shape index (κ1) is 18.6. The van der Waals surface area contributed by atoms with Gasteiger partial charge in [-0.15, -0.1) is 0 Å². The van der Waals surface area contributed by atoms with Gasteiger partial charge in [-0.2, -0.15) is 9.40 Å². The van der Waals surface area contributed by atoms with Crippen LogP contribution in [0.15, 0.2) is 33.9 Å². The minimum absolute atomic E-state index is 0.166. The Morgan fingerprint density at radius 1 is 1.04 bits per heavy atom. The van der Waals surface area contributed by atoms with E-state index in [-0.39, 0.29) is 4.90 Å². The molecule has 10 nitrogen and oxygen atoms in total. The van der Waals surface area contributed by atoms with Crippen LogP contribution in [0.4, 0.5) is 5.82 Å². The normalized spacial score (nSPS) is 15.9. The molecule has 0 radical (unpaired) electrons. The zero-order valence-corrected chi connectivity index (χ0v) is 16.7. The van der Waals surface area contributed by atoms with E-state index in [9.17, 15) is 8.42 Å². The summed E-state index contributed by atoms with van der Waals surface area (Å²) in [5.74, 6) is 2.38. The van der Waals surface area contributed by atoms with Crippen molar-refractivity contribution in [2.45, 2.75) is 25.7 Å². The summed E-state index contributed by atoms with van der Waals surface area (Å²) in [5, 5.41) is 7.98. The summed E-state index contributed by atoms with van der Waals surface area (Å²) in [5.41, 5.74) is 0.384. The third-order valence-electron chi connectivity index (χ3n) is 4.68. The maximum atomic E-state index is 13.0. The van der Waals surface area contributed by atoms with Gasteiger partial charge < -0.3 is 9.42 Å². The molecule has 0 bridgehead atoms. The first-order valence-corrected chi connectivity index (χ1v) is 10.3. The SMILES string of the molecule is Cc1nc(N2CCN(S(=O)(=O)c3c(C)noc3C)CC2)cc(-n2cccn2)n1. The van der Waals surface area contributed by atoms with Gasteiger partial charge in [0.2, 0.25) is 10.0 Å². The number of nitrogens with zero attached hydrogens (tertiary/aromatic N) is 7. The molecule has 3 aromatic rings. The van der Waals surface area contributed by atoms with Crippen LogP contribution in [-0.4, -0.2) is 63.8 Å². The van der Waals surface area contributed by atoms with Crippen molar-refractivity contribution in [2.24, 2.45) is 0 Å². The lowest BCUT2D eigenvalue weighted by Crippen LogP contribution is -2.49. The Morgan fingerprint density at radius 3 is 2.36 bits per heavy atom. The molecule has 28 heavy (non-hydrogen) atoms. The lowest BCUT2D eigenvalue weighted by atomic mass is 10.3. The van der Waals surface area contributed by atoms with Crippen molar-refractivity contribution in [3.8, 4) is 5.82 Å². The fraction of sp³-hybridized carbons (Fsp3) is 0.412. The molecule has 0 saturated carbocycles. The molecule has 0 unspecified atom stereocenters. The molecule has 1 saturated heterocycles. The van der Waals surface area contributed by atoms with Crippen molar-refractivity contribution < 1.29 is 12.9 Å². The molecule has 1 aliphatic rings. The van der Waals surface area contributed by atoms with Crippen molar-refractivity contribution in [1.82, 2.24) is 29.2 Å². The van der Waals surface area contributed by atoms with Crippen LogP contribution < -0.4 is 4.90 Å². The van der Waals surface area contributed by atoms with Crippen molar-refractivity contribution >= 4 is 15.8 Å². The Kier molecular flexibility index (Phi) is 4.63. The van der Waals surface area contributed by atoms with Crippen LogP contribution in [0.1, 0.15) is 17.3 Å². The molecule has 0 amide bonds. The van der Waals surface area contributed by atoms with Crippen LogP contribution in [0.3, 0.4) is 0 Å². The van der Waals surface area contributed by atoms with Crippen molar-refractivity contribution in [1.29, 1.82) is 0 Å². The number of sulfonamides is 1. The third kappa shape index (κ3) is 3.27. The zero-order chi connectivity index (χ0) is 19.9. The van der Waals surface area contributed by atoms with Crippen LogP contribution >= 0.6 is 0 Å². The van der Waals surface area contributed by atoms with Gasteiger partial charge in [0.25, 0.3) is 0 Å². The van der Waals surface area contributed by atoms with Crippen molar-refractivity contribution in [3.05, 3.63) is 41.8 Å². The van der Waals surface area contributed by atoms with Gasteiger partial charge in [-0.05, 0) is 26.8 Å². The van der Waals surface area contributed by atoms with E-state index in [2.05, 4.69) is 25.1 Å². The molecule has 0 N–H and O–H groups in total. The Morgan fingerprint density at radius 2 is 1.75 bits per heavy atom. The number of aryl methyl sites for hydroxylation is 3. The number of piperazine rings is 1. The summed E-state index contributed by atoms with van der Waals surface area (Å²) < 4.78 is 34.1. The highest BCUT2D eigenvalue weighted by atomic mass is 32.2. The minimum Gasteiger partial charge on any atom is -0.360 e. The number of aromatic nitrogens is 5. The molecule has 0 atom stereocenters. The summed E-state index contributed by atoms with van der Waals surface area (Å²) >= 11 is 0. The highest BCUT2D eigenvalue weighted by Crippen LogP contribution is 2.25. The minimum atomic E-state index is -3.63. The highest BCUT2D eigenvalue weighted by molar-refractivity contribution is 7.89. The molecule has 11 heteroatoms. The highest BCUT2D eigenvalue weighted by Gasteiger charge is 2.33. The molecular formula is C17H21N7O3S. The number of hydrogen-bond donors (Lipinski definition) is 0. The van der Waals surface area contributed by atoms with Crippen LogP contribution in [0.2, 0.25) is 0 Å². The quantitative estimate of drug-likeness (QED) is 0.637. The van der Waals surface area contributed by atoms with E-state index in [1.807, 2.05) is 25.3 Å². The van der Waals surface area contributed by atoms with E-state index in [1.165, 1.54) is 4.31 Å². The largest absolute Gasteiger partial charge is 0.360 e. The van der Waals surface area contributed by atoms with Gasteiger partial charge >= 0.3 is 0 Å². The molecule has 1 fully saturated rings. The summed E-state index contributed by atoms with van der Waals surface area (Å²) in [4.78, 5) is 11.2. The van der Waals surface area contributed by atoms with E-state index in [4.69, 9.17) is 4.52 Å². The summed E-state index contributed by atoms with van der Waals surface area (Å²) in [6, 6.07) is 3.69. The van der Waals surface area contributed by atoms with Crippen LogP contribution in [0.5, 0.6) is 0 Å². The van der Waals surface area contributed by atoms with Crippen molar-refractivity contribution in [2.75, 3.05) is 31.1 Å². The van der Waals surface area contributed by atoms with Crippen LogP contribution in [0.25, 0.3) is 5.82 Å². The zero-order valence-electron chi connectivity index (χ0n) is 15.9. The first-order chi connectivity index (χ1) is 13.4. The molecule has 148 valence electrons. The lowest BCUT2D eigenvalue weighted by Gasteiger charge is -2.34. The van der Waals surface area contributed by atoms with E-state index in [0.717, 1.165) is 5.82 Å². The molecule has 3 aromatic heterocycles. The second kappa shape index (κ2) is 6.99. The maximum Gasteiger partial charge on any atom is 0.248 e. The molecule has 0 aromatic carbocycles. The van der Waals surface area contributed by atoms with E-state index in [1.54, 1.807) is 24.7 Å². The van der Waals surface area contributed by atoms with Gasteiger partial charge in [0.1, 0.15) is 22.2 Å². The average Bonchev–Trinajstić information content (AvgIpc) is 3.31. The number of rotatable bonds is 4. The van der Waals surface area contributed by atoms with Gasteiger partial charge in [-0.1, -0.05) is 5.16 Å². The van der Waals surface area contributed by atoms with Gasteiger partial charge in [0.15, 0.2) is 11.6 Å². The lowest BCUT2D eigenvalue weighted by molar-refractivity contribution is 0.377. The topological polar surface area (TPSA) is 110 Å². The summed E-state index contributed by atoms with van der Waals surface area (Å²) in [7, 11) is -3.63. The third-order valence-corrected chi connectivity index (χ3v) is 6.82. The van der Waals surface area contributed by atoms with E-state index in [0.29, 0.717) is 49.3 Å². The monoisotopic (exact) mass is 403 g/mol. The predicted octanol–water partition coefficient (Wildman–Crippen LogP) is 1.09. The summed E-state index contributed by atoms with van der Waals surface area (Å²) in [6.45, 7) is 6.84. The van der Waals surface area contributed by atoms with E-state index < -0.39 is 10.0 Å². The second-order valence-electron chi connectivity index (χ2n) is 6.63. The number of anilines is 1. The fourth-order valence-electron chi connectivity index (χ4n) is 3.35. The smallest absolute Gasteiger partial charge is 0.248 e. The Balaban J connectivity index is 1.54. The van der Waals surface area contributed by atoms with Crippen LogP contribution in [-0.2, 0) is 10.0 Å². The second-order valence-corrected chi connectivity index (χ2v) is 8.50. The Labute approximate surface area is 162 Å². The number of hydrogen-bond acceptors (Lipinski definition) is 8. The molecule has 0 aliphatic carbocycles. The van der Waals surface area contributed by atoms with E-state index >= 15 is 0 Å². The summed E-state index contributed by atoms with van der Waals surface area (Å²) in [6.07, 6.45) is 3.51. The molecule has 4 heterocycles. The maximum absolute atomic E-state index is 13.0. The fourth-order valence-corrected chi connectivity index (χ4v) is 5.06. The average molecular weight is 403 g/mol. The van der Waals surface area contributed by atoms with Gasteiger partial charge in [-0.25, -0.2) is 23.1 Å². The molecular weight excluding hydrogens is 382 g/mol. The molecule has 1 aliphatic heterocycles. The Hall–Kier alpha value is -2.79. The van der Waals surface area contributed by atoms with Gasteiger partial charge in [0, 0.05) is 44.6 Å². The predicted molar refractivity (Wildman–Crippen MR) is 101 cm³/mol. The first-order valence-electron chi connectivity index (χ1n) is 8.90. The standard InChI is InChI=1S/C17H21N7O3S/c1-12-17(13(2)27-21-12)28(25,26)23-9-7-22(8-10-23)15-11-16(20-14(3)19-15)24-6-4-5-18-24/h4-6,11H,7-10H2,1-3H3. The van der Waals surface area contributed by atoms with Crippen LogP contribution in [0, 0.1) is 20.8 Å².